The van der Waals surface area contributed by atoms with E-state index < -0.39 is 11.9 Å². The molecule has 2 rings (SSSR count). The van der Waals surface area contributed by atoms with Crippen LogP contribution in [0.25, 0.3) is 6.08 Å². The van der Waals surface area contributed by atoms with Gasteiger partial charge in [0.15, 0.2) is 18.1 Å². The van der Waals surface area contributed by atoms with Gasteiger partial charge in [-0.2, -0.15) is 5.26 Å². The lowest BCUT2D eigenvalue weighted by Crippen LogP contribution is -2.18. The third-order valence-corrected chi connectivity index (χ3v) is 3.43. The van der Waals surface area contributed by atoms with E-state index in [4.69, 9.17) is 24.2 Å². The summed E-state index contributed by atoms with van der Waals surface area (Å²) in [6.07, 6.45) is 1.36. The van der Waals surface area contributed by atoms with Gasteiger partial charge in [0.25, 0.3) is 0 Å². The smallest absolute Gasteiger partial charge is 0.349 e. The maximum atomic E-state index is 12.0. The number of rotatable bonds is 8. The van der Waals surface area contributed by atoms with E-state index in [0.29, 0.717) is 17.1 Å². The van der Waals surface area contributed by atoms with Crippen LogP contribution in [0.15, 0.2) is 54.1 Å². The molecule has 0 atom stereocenters. The molecular weight excluding hydrogens is 362 g/mol. The van der Waals surface area contributed by atoms with Crippen LogP contribution in [0.3, 0.4) is 0 Å². The van der Waals surface area contributed by atoms with Gasteiger partial charge in [0.05, 0.1) is 13.7 Å². The number of methoxy groups -OCH3 is 1. The van der Waals surface area contributed by atoms with Crippen molar-refractivity contribution in [3.05, 3.63) is 59.7 Å². The van der Waals surface area contributed by atoms with E-state index in [1.807, 2.05) is 0 Å². The summed E-state index contributed by atoms with van der Waals surface area (Å²) in [4.78, 5) is 23.7. The Labute approximate surface area is 162 Å². The Kier molecular flexibility index (Phi) is 7.61. The van der Waals surface area contributed by atoms with Crippen LogP contribution in [-0.4, -0.2) is 32.3 Å². The van der Waals surface area contributed by atoms with Crippen LogP contribution in [0.1, 0.15) is 12.5 Å². The lowest BCUT2D eigenvalue weighted by molar-refractivity contribution is -0.138. The first-order chi connectivity index (χ1) is 13.6. The number of ether oxygens (including phenoxy) is 4. The van der Waals surface area contributed by atoms with Crippen molar-refractivity contribution in [2.45, 2.75) is 6.92 Å². The monoisotopic (exact) mass is 381 g/mol. The van der Waals surface area contributed by atoms with Crippen molar-refractivity contribution in [1.82, 2.24) is 0 Å². The van der Waals surface area contributed by atoms with E-state index in [-0.39, 0.29) is 24.5 Å². The topological polar surface area (TPSA) is 94.9 Å². The average Bonchev–Trinajstić information content (AvgIpc) is 2.71. The molecule has 0 saturated carbocycles. The summed E-state index contributed by atoms with van der Waals surface area (Å²) in [7, 11) is 1.51. The van der Waals surface area contributed by atoms with Crippen molar-refractivity contribution in [3.8, 4) is 23.3 Å². The average molecular weight is 381 g/mol. The molecule has 2 aromatic rings. The largest absolute Gasteiger partial charge is 0.493 e. The highest BCUT2D eigenvalue weighted by molar-refractivity contribution is 5.97. The van der Waals surface area contributed by atoms with E-state index >= 15 is 0 Å². The highest BCUT2D eigenvalue weighted by Gasteiger charge is 2.11. The summed E-state index contributed by atoms with van der Waals surface area (Å²) in [6.45, 7) is 1.51. The van der Waals surface area contributed by atoms with Crippen LogP contribution in [0.2, 0.25) is 0 Å². The molecule has 0 spiro atoms. The molecule has 0 fully saturated rings. The summed E-state index contributed by atoms with van der Waals surface area (Å²) in [5.41, 5.74) is 0.366. The van der Waals surface area contributed by atoms with Crippen LogP contribution >= 0.6 is 0 Å². The fraction of sp³-hybridized carbons (Fsp3) is 0.190. The van der Waals surface area contributed by atoms with Gasteiger partial charge in [0.2, 0.25) is 0 Å². The van der Waals surface area contributed by atoms with Gasteiger partial charge in [-0.1, -0.05) is 24.3 Å². The molecule has 2 aromatic carbocycles. The fourth-order valence-electron chi connectivity index (χ4n) is 2.22. The maximum absolute atomic E-state index is 12.0. The van der Waals surface area contributed by atoms with Gasteiger partial charge in [-0.3, -0.25) is 0 Å². The Balaban J connectivity index is 2.03. The number of carbonyl (C=O) groups is 2. The molecule has 28 heavy (non-hydrogen) atoms. The van der Waals surface area contributed by atoms with Gasteiger partial charge < -0.3 is 18.9 Å². The first-order valence-electron chi connectivity index (χ1n) is 8.42. The minimum Gasteiger partial charge on any atom is -0.493 e. The predicted octanol–water partition coefficient (Wildman–Crippen LogP) is 3.15. The summed E-state index contributed by atoms with van der Waals surface area (Å²) in [6, 6.07) is 15.1. The molecule has 0 bridgehead atoms. The van der Waals surface area contributed by atoms with E-state index in [0.717, 1.165) is 0 Å². The first-order valence-corrected chi connectivity index (χ1v) is 8.42. The molecule has 7 heteroatoms. The summed E-state index contributed by atoms with van der Waals surface area (Å²) in [5, 5.41) is 9.09. The Morgan fingerprint density at radius 1 is 1.11 bits per heavy atom. The normalized spacial score (nSPS) is 10.5. The van der Waals surface area contributed by atoms with Crippen LogP contribution in [0.4, 0.5) is 0 Å². The summed E-state index contributed by atoms with van der Waals surface area (Å²) >= 11 is 0. The molecule has 0 aliphatic rings. The maximum Gasteiger partial charge on any atom is 0.349 e. The molecule has 0 heterocycles. The van der Waals surface area contributed by atoms with Crippen molar-refractivity contribution in [1.29, 1.82) is 5.26 Å². The predicted molar refractivity (Wildman–Crippen MR) is 101 cm³/mol. The van der Waals surface area contributed by atoms with Crippen molar-refractivity contribution >= 4 is 18.0 Å². The summed E-state index contributed by atoms with van der Waals surface area (Å²) < 4.78 is 20.6. The second-order valence-electron chi connectivity index (χ2n) is 5.38. The number of carbonyl (C=O) groups excluding carboxylic acids is 2. The third kappa shape index (κ3) is 5.88. The standard InChI is InChI=1S/C21H19NO6/c1-3-26-21(24)16(13-22)11-15-7-6-8-17(12-15)28-20(23)14-27-19-10-5-4-9-18(19)25-2/h4-12H,3,14H2,1-2H3/b16-11+. The molecule has 0 unspecified atom stereocenters. The molecule has 144 valence electrons. The first kappa shape index (κ1) is 20.5. The van der Waals surface area contributed by atoms with E-state index in [9.17, 15) is 9.59 Å². The molecule has 0 aliphatic heterocycles. The molecule has 0 amide bonds. The zero-order valence-corrected chi connectivity index (χ0v) is 15.5. The molecule has 0 aliphatic carbocycles. The Morgan fingerprint density at radius 3 is 2.54 bits per heavy atom. The zero-order valence-electron chi connectivity index (χ0n) is 15.5. The van der Waals surface area contributed by atoms with Crippen molar-refractivity contribution in [2.24, 2.45) is 0 Å². The molecular formula is C21H19NO6. The lowest BCUT2D eigenvalue weighted by atomic mass is 10.1. The van der Waals surface area contributed by atoms with Gasteiger partial charge in [0, 0.05) is 0 Å². The number of hydrogen-bond donors (Lipinski definition) is 0. The van der Waals surface area contributed by atoms with Crippen LogP contribution < -0.4 is 14.2 Å². The van der Waals surface area contributed by atoms with Gasteiger partial charge in [0.1, 0.15) is 17.4 Å². The molecule has 0 aromatic heterocycles. The minimum absolute atomic E-state index is 0.148. The van der Waals surface area contributed by atoms with E-state index in [1.165, 1.54) is 19.3 Å². The van der Waals surface area contributed by atoms with Gasteiger partial charge in [-0.15, -0.1) is 0 Å². The van der Waals surface area contributed by atoms with E-state index in [2.05, 4.69) is 0 Å². The molecule has 7 nitrogen and oxygen atoms in total. The van der Waals surface area contributed by atoms with Crippen LogP contribution in [0.5, 0.6) is 17.2 Å². The van der Waals surface area contributed by atoms with Crippen LogP contribution in [0, 0.1) is 11.3 Å². The molecule has 0 radical (unpaired) electrons. The Morgan fingerprint density at radius 2 is 1.86 bits per heavy atom. The number of nitriles is 1. The molecule has 0 saturated heterocycles. The second kappa shape index (κ2) is 10.4. The fourth-order valence-corrected chi connectivity index (χ4v) is 2.22. The van der Waals surface area contributed by atoms with Crippen LogP contribution in [-0.2, 0) is 14.3 Å². The van der Waals surface area contributed by atoms with Crippen molar-refractivity contribution in [2.75, 3.05) is 20.3 Å². The quantitative estimate of drug-likeness (QED) is 0.300. The number of hydrogen-bond acceptors (Lipinski definition) is 7. The minimum atomic E-state index is -0.711. The SMILES string of the molecule is CCOC(=O)/C(C#N)=C/c1cccc(OC(=O)COc2ccccc2OC)c1. The zero-order chi connectivity index (χ0) is 20.4. The Bertz CT molecular complexity index is 913. The Hall–Kier alpha value is -3.79. The second-order valence-corrected chi connectivity index (χ2v) is 5.38. The molecule has 0 N–H and O–H groups in total. The third-order valence-electron chi connectivity index (χ3n) is 3.43. The van der Waals surface area contributed by atoms with Crippen molar-refractivity contribution in [3.63, 3.8) is 0 Å². The highest BCUT2D eigenvalue weighted by atomic mass is 16.6. The highest BCUT2D eigenvalue weighted by Crippen LogP contribution is 2.25. The van der Waals surface area contributed by atoms with Gasteiger partial charge in [-0.25, -0.2) is 9.59 Å². The number of esters is 2. The number of benzene rings is 2. The number of nitrogens with zero attached hydrogens (tertiary/aromatic N) is 1. The van der Waals surface area contributed by atoms with Gasteiger partial charge >= 0.3 is 11.9 Å². The van der Waals surface area contributed by atoms with E-state index in [1.54, 1.807) is 55.5 Å². The number of para-hydroxylation sites is 2. The van der Waals surface area contributed by atoms with Gasteiger partial charge in [-0.05, 0) is 42.8 Å². The van der Waals surface area contributed by atoms with Crippen molar-refractivity contribution < 1.29 is 28.5 Å². The summed E-state index contributed by atoms with van der Waals surface area (Å²) in [5.74, 6) is -0.142. The lowest BCUT2D eigenvalue weighted by Gasteiger charge is -2.10.